The van der Waals surface area contributed by atoms with Gasteiger partial charge in [0.05, 0.1) is 0 Å². The maximum absolute atomic E-state index is 13.8. The molecular formula is C22H26F2N2O. The minimum atomic E-state index is -0.397. The van der Waals surface area contributed by atoms with E-state index in [1.165, 1.54) is 18.2 Å². The van der Waals surface area contributed by atoms with E-state index in [4.69, 9.17) is 0 Å². The van der Waals surface area contributed by atoms with Gasteiger partial charge in [0.2, 0.25) is 0 Å². The number of nitrogens with zero attached hydrogens (tertiary/aromatic N) is 2. The third-order valence-corrected chi connectivity index (χ3v) is 5.21. The molecule has 1 atom stereocenters. The number of benzene rings is 2. The summed E-state index contributed by atoms with van der Waals surface area (Å²) in [6.45, 7) is 3.37. The quantitative estimate of drug-likeness (QED) is 0.765. The minimum absolute atomic E-state index is 0.147. The zero-order chi connectivity index (χ0) is 19.2. The Morgan fingerprint density at radius 3 is 2.78 bits per heavy atom. The summed E-state index contributed by atoms with van der Waals surface area (Å²) in [5.74, 6) is -0.322. The van der Waals surface area contributed by atoms with Gasteiger partial charge in [-0.05, 0) is 61.6 Å². The monoisotopic (exact) mass is 372 g/mol. The number of halogens is 2. The molecular weight excluding hydrogens is 346 g/mol. The van der Waals surface area contributed by atoms with Gasteiger partial charge in [0, 0.05) is 32.2 Å². The molecule has 0 spiro atoms. The van der Waals surface area contributed by atoms with E-state index in [0.717, 1.165) is 38.0 Å². The summed E-state index contributed by atoms with van der Waals surface area (Å²) in [6, 6.07) is 12.7. The molecule has 1 amide bonds. The number of likely N-dealkylation sites (tertiary alicyclic amines) is 1. The van der Waals surface area contributed by atoms with E-state index >= 15 is 0 Å². The van der Waals surface area contributed by atoms with Gasteiger partial charge >= 0.3 is 0 Å². The van der Waals surface area contributed by atoms with Crippen LogP contribution in [0.2, 0.25) is 0 Å². The van der Waals surface area contributed by atoms with Crippen molar-refractivity contribution in [3.8, 4) is 0 Å². The maximum atomic E-state index is 13.8. The average molecular weight is 372 g/mol. The van der Waals surface area contributed by atoms with Crippen molar-refractivity contribution in [2.75, 3.05) is 33.2 Å². The van der Waals surface area contributed by atoms with Crippen LogP contribution in [0.3, 0.4) is 0 Å². The fraction of sp³-hybridized carbons (Fsp3) is 0.409. The van der Waals surface area contributed by atoms with Crippen molar-refractivity contribution in [1.29, 1.82) is 0 Å². The molecule has 0 bridgehead atoms. The predicted octanol–water partition coefficient (Wildman–Crippen LogP) is 3.99. The molecule has 0 radical (unpaired) electrons. The van der Waals surface area contributed by atoms with Crippen LogP contribution in [0.25, 0.3) is 0 Å². The zero-order valence-corrected chi connectivity index (χ0v) is 15.7. The fourth-order valence-corrected chi connectivity index (χ4v) is 3.80. The predicted molar refractivity (Wildman–Crippen MR) is 103 cm³/mol. The SMILES string of the molecule is CN(C[C@@H]1CCCN(CCc2ccccc2F)C1)C(=O)c1cccc(F)c1. The van der Waals surface area contributed by atoms with Crippen LogP contribution < -0.4 is 0 Å². The molecule has 1 fully saturated rings. The number of carbonyl (C=O) groups excluding carboxylic acids is 1. The molecule has 1 aliphatic rings. The van der Waals surface area contributed by atoms with Crippen LogP contribution in [0.15, 0.2) is 48.5 Å². The molecule has 0 aliphatic carbocycles. The van der Waals surface area contributed by atoms with Crippen molar-refractivity contribution >= 4 is 5.91 Å². The molecule has 3 nitrogen and oxygen atoms in total. The van der Waals surface area contributed by atoms with E-state index in [-0.39, 0.29) is 11.7 Å². The summed E-state index contributed by atoms with van der Waals surface area (Å²) >= 11 is 0. The molecule has 2 aromatic rings. The van der Waals surface area contributed by atoms with Gasteiger partial charge in [-0.25, -0.2) is 8.78 Å². The number of rotatable bonds is 6. The van der Waals surface area contributed by atoms with Crippen molar-refractivity contribution in [3.63, 3.8) is 0 Å². The molecule has 5 heteroatoms. The highest BCUT2D eigenvalue weighted by atomic mass is 19.1. The number of hydrogen-bond donors (Lipinski definition) is 0. The molecule has 0 N–H and O–H groups in total. The molecule has 1 heterocycles. The number of piperidine rings is 1. The first kappa shape index (κ1) is 19.5. The molecule has 0 saturated carbocycles. The molecule has 1 aliphatic heterocycles. The lowest BCUT2D eigenvalue weighted by Crippen LogP contribution is -2.42. The van der Waals surface area contributed by atoms with E-state index in [0.29, 0.717) is 24.4 Å². The highest BCUT2D eigenvalue weighted by Crippen LogP contribution is 2.19. The number of carbonyl (C=O) groups is 1. The Morgan fingerprint density at radius 1 is 1.19 bits per heavy atom. The van der Waals surface area contributed by atoms with E-state index in [2.05, 4.69) is 4.90 Å². The first-order chi connectivity index (χ1) is 13.0. The second-order valence-electron chi connectivity index (χ2n) is 7.35. The standard InChI is InChI=1S/C22H26F2N2O/c1-25(22(27)19-8-4-9-20(23)14-19)15-17-6-5-12-26(16-17)13-11-18-7-2-3-10-21(18)24/h2-4,7-10,14,17H,5-6,11-13,15-16H2,1H3/t17-/m0/s1. The lowest BCUT2D eigenvalue weighted by molar-refractivity contribution is 0.0730. The van der Waals surface area contributed by atoms with Crippen molar-refractivity contribution in [2.24, 2.45) is 5.92 Å². The largest absolute Gasteiger partial charge is 0.341 e. The molecule has 1 saturated heterocycles. The van der Waals surface area contributed by atoms with Gasteiger partial charge in [-0.1, -0.05) is 24.3 Å². The van der Waals surface area contributed by atoms with Crippen molar-refractivity contribution in [2.45, 2.75) is 19.3 Å². The van der Waals surface area contributed by atoms with Gasteiger partial charge in [-0.3, -0.25) is 4.79 Å². The number of amides is 1. The van der Waals surface area contributed by atoms with Gasteiger partial charge in [0.1, 0.15) is 11.6 Å². The Labute approximate surface area is 159 Å². The minimum Gasteiger partial charge on any atom is -0.341 e. The van der Waals surface area contributed by atoms with Gasteiger partial charge in [-0.2, -0.15) is 0 Å². The van der Waals surface area contributed by atoms with Gasteiger partial charge in [0.25, 0.3) is 5.91 Å². The Morgan fingerprint density at radius 2 is 2.00 bits per heavy atom. The molecule has 3 rings (SSSR count). The topological polar surface area (TPSA) is 23.6 Å². The smallest absolute Gasteiger partial charge is 0.253 e. The van der Waals surface area contributed by atoms with Crippen LogP contribution in [0.4, 0.5) is 8.78 Å². The van der Waals surface area contributed by atoms with Crippen molar-refractivity contribution < 1.29 is 13.6 Å². The van der Waals surface area contributed by atoms with Crippen LogP contribution >= 0.6 is 0 Å². The summed E-state index contributed by atoms with van der Waals surface area (Å²) in [5, 5.41) is 0. The molecule has 27 heavy (non-hydrogen) atoms. The van der Waals surface area contributed by atoms with Crippen LogP contribution in [0, 0.1) is 17.6 Å². The van der Waals surface area contributed by atoms with Gasteiger partial charge in [0.15, 0.2) is 0 Å². The Kier molecular flexibility index (Phi) is 6.56. The highest BCUT2D eigenvalue weighted by molar-refractivity contribution is 5.94. The molecule has 0 unspecified atom stereocenters. The van der Waals surface area contributed by atoms with Crippen LogP contribution in [-0.2, 0) is 6.42 Å². The Hall–Kier alpha value is -2.27. The summed E-state index contributed by atoms with van der Waals surface area (Å²) in [5.41, 5.74) is 1.13. The summed E-state index contributed by atoms with van der Waals surface area (Å²) in [4.78, 5) is 16.5. The zero-order valence-electron chi connectivity index (χ0n) is 15.7. The van der Waals surface area contributed by atoms with E-state index in [1.807, 2.05) is 12.1 Å². The summed E-state index contributed by atoms with van der Waals surface area (Å²) in [6.07, 6.45) is 2.83. The van der Waals surface area contributed by atoms with Crippen LogP contribution in [0.5, 0.6) is 0 Å². The van der Waals surface area contributed by atoms with E-state index in [1.54, 1.807) is 30.1 Å². The third kappa shape index (κ3) is 5.36. The van der Waals surface area contributed by atoms with Crippen molar-refractivity contribution in [3.05, 3.63) is 71.3 Å². The second-order valence-corrected chi connectivity index (χ2v) is 7.35. The molecule has 144 valence electrons. The first-order valence-corrected chi connectivity index (χ1v) is 9.49. The Balaban J connectivity index is 1.52. The fourth-order valence-electron chi connectivity index (χ4n) is 3.80. The lowest BCUT2D eigenvalue weighted by atomic mass is 9.96. The van der Waals surface area contributed by atoms with E-state index < -0.39 is 5.82 Å². The maximum Gasteiger partial charge on any atom is 0.253 e. The summed E-state index contributed by atoms with van der Waals surface area (Å²) < 4.78 is 27.1. The van der Waals surface area contributed by atoms with Crippen LogP contribution in [0.1, 0.15) is 28.8 Å². The third-order valence-electron chi connectivity index (χ3n) is 5.21. The Bertz CT molecular complexity index is 780. The van der Waals surface area contributed by atoms with Crippen molar-refractivity contribution in [1.82, 2.24) is 9.80 Å². The van der Waals surface area contributed by atoms with E-state index in [9.17, 15) is 13.6 Å². The second kappa shape index (κ2) is 9.09. The number of hydrogen-bond acceptors (Lipinski definition) is 2. The summed E-state index contributed by atoms with van der Waals surface area (Å²) in [7, 11) is 1.77. The highest BCUT2D eigenvalue weighted by Gasteiger charge is 2.23. The van der Waals surface area contributed by atoms with Gasteiger partial charge < -0.3 is 9.80 Å². The first-order valence-electron chi connectivity index (χ1n) is 9.49. The molecule has 0 aromatic heterocycles. The van der Waals surface area contributed by atoms with Crippen LogP contribution in [-0.4, -0.2) is 48.9 Å². The lowest BCUT2D eigenvalue weighted by Gasteiger charge is -2.34. The normalized spacial score (nSPS) is 17.7. The molecule has 2 aromatic carbocycles. The average Bonchev–Trinajstić information content (AvgIpc) is 2.67. The van der Waals surface area contributed by atoms with Gasteiger partial charge in [-0.15, -0.1) is 0 Å².